The third-order valence-electron chi connectivity index (χ3n) is 5.05. The van der Waals surface area contributed by atoms with Crippen LogP contribution in [0.5, 0.6) is 0 Å². The molecule has 5 nitrogen and oxygen atoms in total. The van der Waals surface area contributed by atoms with Crippen molar-refractivity contribution < 1.29 is 4.42 Å². The Kier molecular flexibility index (Phi) is 6.31. The molecule has 0 bridgehead atoms. The summed E-state index contributed by atoms with van der Waals surface area (Å²) in [5, 5.41) is 3.42. The van der Waals surface area contributed by atoms with Crippen LogP contribution >= 0.6 is 0 Å². The number of piperidine rings is 1. The molecule has 26 heavy (non-hydrogen) atoms. The van der Waals surface area contributed by atoms with Crippen LogP contribution in [-0.4, -0.2) is 35.5 Å². The molecule has 140 valence electrons. The van der Waals surface area contributed by atoms with E-state index in [-0.39, 0.29) is 0 Å². The number of aromatic nitrogens is 1. The third kappa shape index (κ3) is 4.87. The Morgan fingerprint density at radius 3 is 2.58 bits per heavy atom. The molecule has 5 heteroatoms. The number of aliphatic imine (C=N–C) groups is 1. The van der Waals surface area contributed by atoms with E-state index in [0.29, 0.717) is 12.4 Å². The highest BCUT2D eigenvalue weighted by Gasteiger charge is 2.21. The van der Waals surface area contributed by atoms with Crippen LogP contribution in [-0.2, 0) is 13.0 Å². The Hall–Kier alpha value is -2.30. The van der Waals surface area contributed by atoms with E-state index in [0.717, 1.165) is 43.0 Å². The average molecular weight is 354 g/mol. The third-order valence-corrected chi connectivity index (χ3v) is 5.05. The highest BCUT2D eigenvalue weighted by molar-refractivity contribution is 5.80. The van der Waals surface area contributed by atoms with Crippen molar-refractivity contribution >= 4 is 5.96 Å². The number of rotatable bonds is 5. The minimum absolute atomic E-state index is 0.487. The number of oxazole rings is 1. The molecular weight excluding hydrogens is 324 g/mol. The second-order valence-electron chi connectivity index (χ2n) is 7.04. The van der Waals surface area contributed by atoms with Gasteiger partial charge in [-0.2, -0.15) is 0 Å². The zero-order chi connectivity index (χ0) is 18.4. The fourth-order valence-corrected chi connectivity index (χ4v) is 3.47. The molecule has 0 saturated carbocycles. The predicted octanol–water partition coefficient (Wildman–Crippen LogP) is 3.71. The van der Waals surface area contributed by atoms with E-state index >= 15 is 0 Å². The molecule has 0 amide bonds. The smallest absolute Gasteiger partial charge is 0.216 e. The first kappa shape index (κ1) is 18.5. The van der Waals surface area contributed by atoms with Crippen LogP contribution in [0.25, 0.3) is 0 Å². The number of hydrogen-bond donors (Lipinski definition) is 1. The second kappa shape index (κ2) is 8.88. The van der Waals surface area contributed by atoms with Gasteiger partial charge in [-0.3, -0.25) is 0 Å². The molecule has 2 aromatic rings. The van der Waals surface area contributed by atoms with E-state index in [1.165, 1.54) is 24.8 Å². The topological polar surface area (TPSA) is 53.7 Å². The van der Waals surface area contributed by atoms with Crippen molar-refractivity contribution in [3.8, 4) is 0 Å². The first-order valence-corrected chi connectivity index (χ1v) is 9.65. The number of benzene rings is 1. The van der Waals surface area contributed by atoms with Gasteiger partial charge in [0.15, 0.2) is 5.96 Å². The Labute approximate surface area is 156 Å². The maximum Gasteiger partial charge on any atom is 0.216 e. The van der Waals surface area contributed by atoms with Crippen LogP contribution < -0.4 is 5.32 Å². The Bertz CT molecular complexity index is 695. The van der Waals surface area contributed by atoms with E-state index in [4.69, 9.17) is 9.41 Å². The van der Waals surface area contributed by atoms with Gasteiger partial charge in [-0.1, -0.05) is 30.3 Å². The summed E-state index contributed by atoms with van der Waals surface area (Å²) in [6, 6.07) is 10.8. The molecule has 1 aromatic heterocycles. The Morgan fingerprint density at radius 2 is 1.96 bits per heavy atom. The molecule has 0 radical (unpaired) electrons. The Morgan fingerprint density at radius 1 is 1.23 bits per heavy atom. The fraction of sp³-hybridized carbons (Fsp3) is 0.524. The monoisotopic (exact) mass is 354 g/mol. The molecule has 0 aliphatic carbocycles. The van der Waals surface area contributed by atoms with Crippen LogP contribution in [0.4, 0.5) is 0 Å². The average Bonchev–Trinajstić information content (AvgIpc) is 2.98. The number of guanidine groups is 1. The number of nitrogens with one attached hydrogen (secondary N) is 1. The maximum atomic E-state index is 5.65. The number of aryl methyl sites for hydroxylation is 2. The lowest BCUT2D eigenvalue weighted by molar-refractivity contribution is 0.258. The molecule has 0 unspecified atom stereocenters. The van der Waals surface area contributed by atoms with Crippen molar-refractivity contribution in [2.75, 3.05) is 19.6 Å². The normalized spacial score (nSPS) is 16.1. The van der Waals surface area contributed by atoms with Crippen molar-refractivity contribution in [3.63, 3.8) is 0 Å². The van der Waals surface area contributed by atoms with Crippen LogP contribution in [0.2, 0.25) is 0 Å². The van der Waals surface area contributed by atoms with Gasteiger partial charge in [0.25, 0.3) is 0 Å². The van der Waals surface area contributed by atoms with Crippen LogP contribution in [0.15, 0.2) is 39.7 Å². The van der Waals surface area contributed by atoms with Crippen LogP contribution in [0, 0.1) is 19.8 Å². The Balaban J connectivity index is 1.56. The summed E-state index contributed by atoms with van der Waals surface area (Å²) in [6.07, 6.45) is 3.59. The minimum atomic E-state index is 0.487. The molecule has 1 N–H and O–H groups in total. The zero-order valence-corrected chi connectivity index (χ0v) is 16.2. The summed E-state index contributed by atoms with van der Waals surface area (Å²) in [5.41, 5.74) is 2.39. The maximum absolute atomic E-state index is 5.65. The van der Waals surface area contributed by atoms with Crippen LogP contribution in [0.1, 0.15) is 42.7 Å². The molecule has 3 rings (SSSR count). The zero-order valence-electron chi connectivity index (χ0n) is 16.2. The molecule has 1 fully saturated rings. The van der Waals surface area contributed by atoms with E-state index in [1.807, 2.05) is 13.8 Å². The van der Waals surface area contributed by atoms with E-state index < -0.39 is 0 Å². The molecule has 2 heterocycles. The van der Waals surface area contributed by atoms with Gasteiger partial charge >= 0.3 is 0 Å². The lowest BCUT2D eigenvalue weighted by Gasteiger charge is -2.34. The molecule has 0 spiro atoms. The summed E-state index contributed by atoms with van der Waals surface area (Å²) in [5.74, 6) is 3.30. The largest absolute Gasteiger partial charge is 0.444 e. The van der Waals surface area contributed by atoms with Crippen molar-refractivity contribution in [1.82, 2.24) is 15.2 Å². The van der Waals surface area contributed by atoms with Gasteiger partial charge in [-0.25, -0.2) is 9.98 Å². The lowest BCUT2D eigenvalue weighted by Crippen LogP contribution is -2.45. The number of likely N-dealkylation sites (tertiary alicyclic amines) is 1. The molecular formula is C21H30N4O. The minimum Gasteiger partial charge on any atom is -0.444 e. The van der Waals surface area contributed by atoms with Crippen molar-refractivity contribution in [2.45, 2.75) is 46.6 Å². The highest BCUT2D eigenvalue weighted by Crippen LogP contribution is 2.22. The predicted molar refractivity (Wildman–Crippen MR) is 105 cm³/mol. The summed E-state index contributed by atoms with van der Waals surface area (Å²) < 4.78 is 5.65. The molecule has 0 atom stereocenters. The van der Waals surface area contributed by atoms with Gasteiger partial charge in [-0.15, -0.1) is 0 Å². The second-order valence-corrected chi connectivity index (χ2v) is 7.04. The highest BCUT2D eigenvalue weighted by atomic mass is 16.4. The van der Waals surface area contributed by atoms with Crippen molar-refractivity contribution in [2.24, 2.45) is 10.9 Å². The van der Waals surface area contributed by atoms with Gasteiger partial charge < -0.3 is 14.6 Å². The fourth-order valence-electron chi connectivity index (χ4n) is 3.47. The number of nitrogens with zero attached hydrogens (tertiary/aromatic N) is 3. The van der Waals surface area contributed by atoms with E-state index in [1.54, 1.807) is 0 Å². The standard InChI is InChI=1S/C21H30N4O/c1-4-22-21(23-15-20-24-16(2)17(3)26-20)25-12-10-19(11-13-25)14-18-8-6-5-7-9-18/h5-9,19H,4,10-15H2,1-3H3,(H,22,23). The first-order chi connectivity index (χ1) is 12.7. The first-order valence-electron chi connectivity index (χ1n) is 9.65. The van der Waals surface area contributed by atoms with Gasteiger partial charge in [0.1, 0.15) is 12.3 Å². The molecule has 1 aliphatic heterocycles. The molecule has 1 aliphatic rings. The van der Waals surface area contributed by atoms with Gasteiger partial charge in [0, 0.05) is 19.6 Å². The lowest BCUT2D eigenvalue weighted by atomic mass is 9.90. The van der Waals surface area contributed by atoms with Gasteiger partial charge in [0.05, 0.1) is 5.69 Å². The van der Waals surface area contributed by atoms with Gasteiger partial charge in [0.2, 0.25) is 5.89 Å². The van der Waals surface area contributed by atoms with E-state index in [9.17, 15) is 0 Å². The number of hydrogen-bond acceptors (Lipinski definition) is 3. The molecule has 1 saturated heterocycles. The van der Waals surface area contributed by atoms with Crippen LogP contribution in [0.3, 0.4) is 0 Å². The van der Waals surface area contributed by atoms with Crippen molar-refractivity contribution in [1.29, 1.82) is 0 Å². The van der Waals surface area contributed by atoms with Crippen molar-refractivity contribution in [3.05, 3.63) is 53.2 Å². The quantitative estimate of drug-likeness (QED) is 0.657. The summed E-state index contributed by atoms with van der Waals surface area (Å²) in [7, 11) is 0. The summed E-state index contributed by atoms with van der Waals surface area (Å²) in [4.78, 5) is 11.5. The van der Waals surface area contributed by atoms with Gasteiger partial charge in [-0.05, 0) is 51.5 Å². The van der Waals surface area contributed by atoms with E-state index in [2.05, 4.69) is 52.5 Å². The summed E-state index contributed by atoms with van der Waals surface area (Å²) in [6.45, 7) is 9.47. The SMILES string of the molecule is CCNC(=NCc1nc(C)c(C)o1)N1CCC(Cc2ccccc2)CC1. The molecule has 1 aromatic carbocycles. The summed E-state index contributed by atoms with van der Waals surface area (Å²) >= 11 is 0.